The Kier molecular flexibility index (Phi) is 10.8. The van der Waals surface area contributed by atoms with Gasteiger partial charge in [0.15, 0.2) is 15.6 Å². The van der Waals surface area contributed by atoms with Crippen molar-refractivity contribution in [1.29, 1.82) is 0 Å². The summed E-state index contributed by atoms with van der Waals surface area (Å²) in [7, 11) is -4.35. The summed E-state index contributed by atoms with van der Waals surface area (Å²) in [6.45, 7) is 15.7. The summed E-state index contributed by atoms with van der Waals surface area (Å²) in [6.07, 6.45) is -1.67. The van der Waals surface area contributed by atoms with Crippen molar-refractivity contribution < 1.29 is 37.0 Å². The first-order chi connectivity index (χ1) is 18.7. The van der Waals surface area contributed by atoms with Gasteiger partial charge in [-0.2, -0.15) is 0 Å². The number of carbonyl (C=O) groups is 3. The number of alkyl carbamates (subject to hydrolysis) is 1. The van der Waals surface area contributed by atoms with Crippen LogP contribution >= 0.6 is 0 Å². The highest BCUT2D eigenvalue weighted by atomic mass is 32.2. The molecule has 9 nitrogen and oxygen atoms in total. The van der Waals surface area contributed by atoms with Crippen LogP contribution < -0.4 is 10.1 Å². The zero-order valence-corrected chi connectivity index (χ0v) is 26.3. The molecule has 0 radical (unpaired) electrons. The van der Waals surface area contributed by atoms with Crippen molar-refractivity contribution in [2.24, 2.45) is 0 Å². The van der Waals surface area contributed by atoms with Crippen LogP contribution in [0.4, 0.5) is 4.79 Å². The molecular formula is C31H43NO8S. The number of ketones is 1. The van der Waals surface area contributed by atoms with Gasteiger partial charge in [-0.1, -0.05) is 30.3 Å². The lowest BCUT2D eigenvalue weighted by Crippen LogP contribution is -2.50. The van der Waals surface area contributed by atoms with Crippen molar-refractivity contribution in [3.05, 3.63) is 60.2 Å². The van der Waals surface area contributed by atoms with E-state index in [1.165, 1.54) is 24.3 Å². The number of hydrogen-bond donors (Lipinski definition) is 1. The smallest absolute Gasteiger partial charge is 0.408 e. The number of ether oxygens (including phenoxy) is 3. The molecule has 0 spiro atoms. The highest BCUT2D eigenvalue weighted by Gasteiger charge is 2.41. The fraction of sp³-hybridized carbons (Fsp3) is 0.516. The fourth-order valence-electron chi connectivity index (χ4n) is 3.85. The Morgan fingerprint density at radius 2 is 1.29 bits per heavy atom. The molecule has 0 fully saturated rings. The maximum absolute atomic E-state index is 14.0. The van der Waals surface area contributed by atoms with Crippen molar-refractivity contribution in [1.82, 2.24) is 5.32 Å². The number of amides is 1. The Morgan fingerprint density at radius 1 is 0.756 bits per heavy atom. The first-order valence-electron chi connectivity index (χ1n) is 13.5. The highest BCUT2D eigenvalue weighted by molar-refractivity contribution is 7.92. The number of esters is 1. The topological polar surface area (TPSA) is 125 Å². The second-order valence-corrected chi connectivity index (χ2v) is 14.9. The minimum absolute atomic E-state index is 0.0526. The average Bonchev–Trinajstić information content (AvgIpc) is 2.80. The van der Waals surface area contributed by atoms with Crippen LogP contribution in [0.25, 0.3) is 0 Å². The van der Waals surface area contributed by atoms with Crippen molar-refractivity contribution in [3.8, 4) is 5.75 Å². The molecule has 1 amide bonds. The maximum Gasteiger partial charge on any atom is 0.408 e. The lowest BCUT2D eigenvalue weighted by atomic mass is 9.99. The standard InChI is InChI=1S/C31H43NO8S/c1-29(2,3)38-22-17-15-21(16-18-22)19-24(32-28(35)40-31(7,8)9)27(34)25(20-26(33)39-30(4,5)6)41(36,37)23-13-11-10-12-14-23/h10-18,24-25H,19-20H2,1-9H3,(H,32,35)/t24-,25?/m0/s1. The largest absolute Gasteiger partial charge is 0.488 e. The van der Waals surface area contributed by atoms with E-state index in [-0.39, 0.29) is 11.3 Å². The predicted octanol–water partition coefficient (Wildman–Crippen LogP) is 5.44. The Balaban J connectivity index is 2.51. The molecule has 2 atom stereocenters. The minimum atomic E-state index is -4.35. The van der Waals surface area contributed by atoms with Crippen LogP contribution in [0, 0.1) is 0 Å². The number of rotatable bonds is 10. The first kappa shape index (κ1) is 33.8. The number of nitrogens with one attached hydrogen (secondary N) is 1. The minimum Gasteiger partial charge on any atom is -0.488 e. The number of hydrogen-bond acceptors (Lipinski definition) is 8. The molecule has 0 aliphatic carbocycles. The molecule has 2 aromatic carbocycles. The van der Waals surface area contributed by atoms with Gasteiger partial charge in [0.25, 0.3) is 0 Å². The second-order valence-electron chi connectivity index (χ2n) is 12.8. The third-order valence-electron chi connectivity index (χ3n) is 5.36. The Labute approximate surface area is 243 Å². The molecule has 0 aliphatic rings. The number of sulfone groups is 1. The third kappa shape index (κ3) is 11.5. The molecule has 0 bridgehead atoms. The van der Waals surface area contributed by atoms with Gasteiger partial charge in [-0.05, 0) is 98.6 Å². The van der Waals surface area contributed by atoms with Gasteiger partial charge in [0.05, 0.1) is 17.4 Å². The summed E-state index contributed by atoms with van der Waals surface area (Å²) in [5, 5.41) is 0.725. The van der Waals surface area contributed by atoms with Gasteiger partial charge in [0.2, 0.25) is 0 Å². The molecule has 10 heteroatoms. The van der Waals surface area contributed by atoms with Crippen LogP contribution in [0.3, 0.4) is 0 Å². The maximum atomic E-state index is 14.0. The fourth-order valence-corrected chi connectivity index (χ4v) is 5.54. The van der Waals surface area contributed by atoms with Crippen LogP contribution in [-0.4, -0.2) is 54.4 Å². The van der Waals surface area contributed by atoms with Crippen LogP contribution in [0.15, 0.2) is 59.5 Å². The summed E-state index contributed by atoms with van der Waals surface area (Å²) < 4.78 is 44.1. The highest BCUT2D eigenvalue weighted by Crippen LogP contribution is 2.24. The Hall–Kier alpha value is -3.40. The summed E-state index contributed by atoms with van der Waals surface area (Å²) in [5.41, 5.74) is -1.55. The van der Waals surface area contributed by atoms with E-state index in [1.807, 2.05) is 20.8 Å². The van der Waals surface area contributed by atoms with Crippen LogP contribution in [0.5, 0.6) is 5.75 Å². The Bertz CT molecular complexity index is 1300. The molecule has 0 aromatic heterocycles. The van der Waals surface area contributed by atoms with E-state index in [0.717, 1.165) is 0 Å². The van der Waals surface area contributed by atoms with Gasteiger partial charge in [-0.15, -0.1) is 0 Å². The van der Waals surface area contributed by atoms with Crippen molar-refractivity contribution in [2.75, 3.05) is 0 Å². The van der Waals surface area contributed by atoms with Gasteiger partial charge in [-0.25, -0.2) is 13.2 Å². The SMILES string of the molecule is CC(C)(C)OC(=O)CC(C(=O)[C@H](Cc1ccc(OC(C)(C)C)cc1)NC(=O)OC(C)(C)C)S(=O)(=O)c1ccccc1. The second kappa shape index (κ2) is 13.1. The molecular weight excluding hydrogens is 546 g/mol. The lowest BCUT2D eigenvalue weighted by Gasteiger charge is -2.27. The van der Waals surface area contributed by atoms with Crippen LogP contribution in [-0.2, 0) is 35.3 Å². The van der Waals surface area contributed by atoms with E-state index in [4.69, 9.17) is 14.2 Å². The summed E-state index contributed by atoms with van der Waals surface area (Å²) in [5.74, 6) is -1.10. The summed E-state index contributed by atoms with van der Waals surface area (Å²) in [4.78, 5) is 39.5. The molecule has 0 heterocycles. The molecule has 41 heavy (non-hydrogen) atoms. The van der Waals surface area contributed by atoms with Crippen molar-refractivity contribution in [2.45, 2.75) is 108 Å². The molecule has 226 valence electrons. The zero-order valence-electron chi connectivity index (χ0n) is 25.4. The van der Waals surface area contributed by atoms with E-state index in [0.29, 0.717) is 11.3 Å². The van der Waals surface area contributed by atoms with E-state index >= 15 is 0 Å². The molecule has 1 unspecified atom stereocenters. The van der Waals surface area contributed by atoms with E-state index < -0.39 is 62.2 Å². The molecule has 0 saturated carbocycles. The number of carbonyl (C=O) groups excluding carboxylic acids is 3. The van der Waals surface area contributed by atoms with Crippen molar-refractivity contribution in [3.63, 3.8) is 0 Å². The normalized spacial score (nSPS) is 14.0. The van der Waals surface area contributed by atoms with E-state index in [1.54, 1.807) is 71.9 Å². The summed E-state index contributed by atoms with van der Waals surface area (Å²) >= 11 is 0. The number of Topliss-reactive ketones (excluding diaryl/α,β-unsaturated/α-hetero) is 1. The quantitative estimate of drug-likeness (QED) is 0.363. The molecule has 0 saturated heterocycles. The number of benzene rings is 2. The van der Waals surface area contributed by atoms with Crippen LogP contribution in [0.1, 0.15) is 74.3 Å². The van der Waals surface area contributed by atoms with E-state index in [9.17, 15) is 22.8 Å². The molecule has 2 aromatic rings. The van der Waals surface area contributed by atoms with Gasteiger partial charge in [0, 0.05) is 0 Å². The monoisotopic (exact) mass is 589 g/mol. The molecule has 2 rings (SSSR count). The third-order valence-corrected chi connectivity index (χ3v) is 7.43. The van der Waals surface area contributed by atoms with Gasteiger partial charge in [-0.3, -0.25) is 9.59 Å². The molecule has 1 N–H and O–H groups in total. The summed E-state index contributed by atoms with van der Waals surface area (Å²) in [6, 6.07) is 13.0. The zero-order chi connectivity index (χ0) is 31.2. The average molecular weight is 590 g/mol. The van der Waals surface area contributed by atoms with Gasteiger partial charge in [0.1, 0.15) is 27.8 Å². The van der Waals surface area contributed by atoms with E-state index in [2.05, 4.69) is 5.32 Å². The lowest BCUT2D eigenvalue weighted by molar-refractivity contribution is -0.155. The van der Waals surface area contributed by atoms with Gasteiger partial charge >= 0.3 is 12.1 Å². The van der Waals surface area contributed by atoms with Crippen molar-refractivity contribution >= 4 is 27.7 Å². The Morgan fingerprint density at radius 3 is 1.78 bits per heavy atom. The van der Waals surface area contributed by atoms with Gasteiger partial charge < -0.3 is 19.5 Å². The predicted molar refractivity (Wildman–Crippen MR) is 157 cm³/mol. The molecule has 0 aliphatic heterocycles. The van der Waals surface area contributed by atoms with Crippen LogP contribution in [0.2, 0.25) is 0 Å². The first-order valence-corrected chi connectivity index (χ1v) is 15.0.